The average molecular weight is 458 g/mol. The molecular formula is C28H28FN3O2. The number of para-hydroxylation sites is 1. The number of fused-ring (bicyclic) bond motifs is 1. The molecule has 0 aliphatic carbocycles. The van der Waals surface area contributed by atoms with E-state index < -0.39 is 17.8 Å². The highest BCUT2D eigenvalue weighted by Crippen LogP contribution is 2.28. The molecule has 0 aliphatic rings. The van der Waals surface area contributed by atoms with E-state index >= 15 is 0 Å². The molecule has 0 spiro atoms. The van der Waals surface area contributed by atoms with Gasteiger partial charge in [0.05, 0.1) is 28.2 Å². The largest absolute Gasteiger partial charge is 0.329 e. The maximum Gasteiger partial charge on any atom is 0.266 e. The van der Waals surface area contributed by atoms with Crippen LogP contribution in [0.15, 0.2) is 71.5 Å². The van der Waals surface area contributed by atoms with E-state index in [4.69, 9.17) is 4.98 Å². The maximum atomic E-state index is 14.5. The molecule has 0 aliphatic heterocycles. The zero-order valence-electron chi connectivity index (χ0n) is 19.9. The number of amides is 1. The summed E-state index contributed by atoms with van der Waals surface area (Å²) in [6.07, 6.45) is 0.504. The van der Waals surface area contributed by atoms with Gasteiger partial charge in [0.15, 0.2) is 0 Å². The van der Waals surface area contributed by atoms with E-state index in [9.17, 15) is 14.0 Å². The smallest absolute Gasteiger partial charge is 0.266 e. The molecule has 5 nitrogen and oxygen atoms in total. The van der Waals surface area contributed by atoms with Crippen LogP contribution < -0.4 is 5.56 Å². The van der Waals surface area contributed by atoms with Crippen LogP contribution in [0.4, 0.5) is 4.39 Å². The minimum absolute atomic E-state index is 0.00339. The Morgan fingerprint density at radius 3 is 2.38 bits per heavy atom. The van der Waals surface area contributed by atoms with Crippen LogP contribution in [-0.2, 0) is 0 Å². The first-order valence-electron chi connectivity index (χ1n) is 11.5. The molecule has 0 fully saturated rings. The molecule has 1 heterocycles. The summed E-state index contributed by atoms with van der Waals surface area (Å²) in [6, 6.07) is 18.5. The summed E-state index contributed by atoms with van der Waals surface area (Å²) in [6.45, 7) is 8.13. The minimum atomic E-state index is -0.571. The summed E-state index contributed by atoms with van der Waals surface area (Å²) in [5.74, 6) is -0.540. The molecule has 1 unspecified atom stereocenters. The number of hydrogen-bond acceptors (Lipinski definition) is 3. The Morgan fingerprint density at radius 1 is 1.00 bits per heavy atom. The highest BCUT2D eigenvalue weighted by atomic mass is 19.1. The van der Waals surface area contributed by atoms with Crippen LogP contribution in [0.5, 0.6) is 0 Å². The predicted molar refractivity (Wildman–Crippen MR) is 133 cm³/mol. The molecule has 6 heteroatoms. The van der Waals surface area contributed by atoms with E-state index in [0.717, 1.165) is 11.1 Å². The van der Waals surface area contributed by atoms with Gasteiger partial charge < -0.3 is 4.90 Å². The lowest BCUT2D eigenvalue weighted by atomic mass is 10.1. The predicted octanol–water partition coefficient (Wildman–Crippen LogP) is 5.76. The number of halogens is 1. The quantitative estimate of drug-likeness (QED) is 0.370. The highest BCUT2D eigenvalue weighted by molar-refractivity contribution is 5.94. The monoisotopic (exact) mass is 457 g/mol. The van der Waals surface area contributed by atoms with Crippen molar-refractivity contribution in [2.45, 2.75) is 40.2 Å². The zero-order valence-corrected chi connectivity index (χ0v) is 19.9. The van der Waals surface area contributed by atoms with Gasteiger partial charge in [0.2, 0.25) is 0 Å². The van der Waals surface area contributed by atoms with Crippen molar-refractivity contribution in [1.29, 1.82) is 0 Å². The van der Waals surface area contributed by atoms with Crippen molar-refractivity contribution in [3.05, 3.63) is 105 Å². The molecule has 34 heavy (non-hydrogen) atoms. The molecule has 1 amide bonds. The van der Waals surface area contributed by atoms with Crippen molar-refractivity contribution >= 4 is 16.8 Å². The lowest BCUT2D eigenvalue weighted by molar-refractivity contribution is 0.0667. The second-order valence-corrected chi connectivity index (χ2v) is 8.39. The number of hydrogen-bond donors (Lipinski definition) is 0. The van der Waals surface area contributed by atoms with Gasteiger partial charge in [-0.15, -0.1) is 0 Å². The zero-order chi connectivity index (χ0) is 24.4. The number of benzene rings is 3. The van der Waals surface area contributed by atoms with E-state index in [1.165, 1.54) is 12.1 Å². The van der Waals surface area contributed by atoms with Gasteiger partial charge in [0.25, 0.3) is 11.5 Å². The molecule has 0 saturated carbocycles. The second kappa shape index (κ2) is 9.59. The SMILES string of the molecule is CCC(c1nc2ccccc2c(=O)n1-c1ccc(C)c(C)c1)N(CC)C(=O)c1ccccc1F. The van der Waals surface area contributed by atoms with Crippen molar-refractivity contribution in [3.8, 4) is 5.69 Å². The summed E-state index contributed by atoms with van der Waals surface area (Å²) in [4.78, 5) is 33.6. The van der Waals surface area contributed by atoms with Crippen molar-refractivity contribution < 1.29 is 9.18 Å². The Morgan fingerprint density at radius 2 is 1.71 bits per heavy atom. The Labute approximate surface area is 198 Å². The third-order valence-corrected chi connectivity index (χ3v) is 6.32. The maximum absolute atomic E-state index is 14.5. The molecule has 1 atom stereocenters. The number of aryl methyl sites for hydroxylation is 2. The Bertz CT molecular complexity index is 1430. The summed E-state index contributed by atoms with van der Waals surface area (Å²) >= 11 is 0. The number of carbonyl (C=O) groups is 1. The minimum Gasteiger partial charge on any atom is -0.329 e. The Kier molecular flexibility index (Phi) is 6.59. The third kappa shape index (κ3) is 4.12. The van der Waals surface area contributed by atoms with Gasteiger partial charge in [0, 0.05) is 6.54 Å². The fourth-order valence-electron chi connectivity index (χ4n) is 4.32. The van der Waals surface area contributed by atoms with Crippen LogP contribution in [0.1, 0.15) is 53.6 Å². The van der Waals surface area contributed by atoms with Crippen molar-refractivity contribution in [2.24, 2.45) is 0 Å². The number of aromatic nitrogens is 2. The van der Waals surface area contributed by atoms with Crippen molar-refractivity contribution in [3.63, 3.8) is 0 Å². The fraction of sp³-hybridized carbons (Fsp3) is 0.250. The first-order valence-corrected chi connectivity index (χ1v) is 11.5. The van der Waals surface area contributed by atoms with E-state index in [1.807, 2.05) is 58.0 Å². The highest BCUT2D eigenvalue weighted by Gasteiger charge is 2.30. The fourth-order valence-corrected chi connectivity index (χ4v) is 4.32. The lowest BCUT2D eigenvalue weighted by Gasteiger charge is -2.31. The molecular weight excluding hydrogens is 429 g/mol. The molecule has 4 rings (SSSR count). The number of rotatable bonds is 6. The van der Waals surface area contributed by atoms with Gasteiger partial charge in [-0.3, -0.25) is 14.2 Å². The van der Waals surface area contributed by atoms with Gasteiger partial charge in [0.1, 0.15) is 11.6 Å². The van der Waals surface area contributed by atoms with Gasteiger partial charge >= 0.3 is 0 Å². The standard InChI is InChI=1S/C28H28FN3O2/c1-5-25(31(6-2)27(33)21-11-7-9-13-23(21)29)26-30-24-14-10-8-12-22(24)28(34)32(26)20-16-15-18(3)19(4)17-20/h7-17,25H,5-6H2,1-4H3. The summed E-state index contributed by atoms with van der Waals surface area (Å²) in [7, 11) is 0. The molecule has 0 saturated heterocycles. The number of carbonyl (C=O) groups excluding carboxylic acids is 1. The van der Waals surface area contributed by atoms with Crippen LogP contribution in [0.2, 0.25) is 0 Å². The van der Waals surface area contributed by atoms with Crippen LogP contribution in [-0.4, -0.2) is 26.9 Å². The van der Waals surface area contributed by atoms with E-state index in [2.05, 4.69) is 0 Å². The van der Waals surface area contributed by atoms with Gasteiger partial charge in [-0.2, -0.15) is 0 Å². The van der Waals surface area contributed by atoms with Crippen LogP contribution in [0.3, 0.4) is 0 Å². The molecule has 0 bridgehead atoms. The van der Waals surface area contributed by atoms with Crippen molar-refractivity contribution in [2.75, 3.05) is 6.54 Å². The number of nitrogens with zero attached hydrogens (tertiary/aromatic N) is 3. The second-order valence-electron chi connectivity index (χ2n) is 8.39. The first kappa shape index (κ1) is 23.4. The van der Waals surface area contributed by atoms with Crippen LogP contribution >= 0.6 is 0 Å². The summed E-state index contributed by atoms with van der Waals surface area (Å²) in [5, 5.41) is 0.503. The molecule has 0 N–H and O–H groups in total. The van der Waals surface area contributed by atoms with E-state index in [-0.39, 0.29) is 11.1 Å². The van der Waals surface area contributed by atoms with Crippen LogP contribution in [0.25, 0.3) is 16.6 Å². The molecule has 4 aromatic rings. The van der Waals surface area contributed by atoms with Crippen LogP contribution in [0, 0.1) is 19.7 Å². The van der Waals surface area contributed by atoms with E-state index in [0.29, 0.717) is 35.4 Å². The normalized spacial score (nSPS) is 12.0. The van der Waals surface area contributed by atoms with Crippen molar-refractivity contribution in [1.82, 2.24) is 14.5 Å². The average Bonchev–Trinajstić information content (AvgIpc) is 2.84. The van der Waals surface area contributed by atoms with Gasteiger partial charge in [-0.05, 0) is 74.7 Å². The molecule has 1 aromatic heterocycles. The first-order chi connectivity index (χ1) is 16.4. The van der Waals surface area contributed by atoms with Gasteiger partial charge in [-0.1, -0.05) is 37.3 Å². The molecule has 0 radical (unpaired) electrons. The Balaban J connectivity index is 1.97. The van der Waals surface area contributed by atoms with Gasteiger partial charge in [-0.25, -0.2) is 9.37 Å². The third-order valence-electron chi connectivity index (χ3n) is 6.32. The summed E-state index contributed by atoms with van der Waals surface area (Å²) in [5.41, 5.74) is 3.22. The molecule has 3 aromatic carbocycles. The lowest BCUT2D eigenvalue weighted by Crippen LogP contribution is -2.38. The Hall–Kier alpha value is -3.80. The van der Waals surface area contributed by atoms with E-state index in [1.54, 1.807) is 33.7 Å². The summed E-state index contributed by atoms with van der Waals surface area (Å²) < 4.78 is 16.1. The topological polar surface area (TPSA) is 55.2 Å². The molecule has 174 valence electrons.